The van der Waals surface area contributed by atoms with Gasteiger partial charge >= 0.3 is 6.61 Å². The Kier molecular flexibility index (Phi) is 3.68. The van der Waals surface area contributed by atoms with Crippen LogP contribution in [-0.2, 0) is 6.54 Å². The smallest absolute Gasteiger partial charge is 0.387 e. The van der Waals surface area contributed by atoms with Crippen molar-refractivity contribution in [1.29, 1.82) is 0 Å². The van der Waals surface area contributed by atoms with Crippen molar-refractivity contribution in [2.24, 2.45) is 0 Å². The van der Waals surface area contributed by atoms with Crippen LogP contribution < -0.4 is 10.1 Å². The van der Waals surface area contributed by atoms with Crippen molar-refractivity contribution in [3.63, 3.8) is 0 Å². The molecule has 0 unspecified atom stereocenters. The minimum atomic E-state index is -2.82. The average Bonchev–Trinajstić information content (AvgIpc) is 2.88. The van der Waals surface area contributed by atoms with Crippen molar-refractivity contribution < 1.29 is 13.5 Å². The third kappa shape index (κ3) is 3.10. The summed E-state index contributed by atoms with van der Waals surface area (Å²) in [6.45, 7) is -2.26. The van der Waals surface area contributed by atoms with E-state index in [-0.39, 0.29) is 5.75 Å². The first-order chi connectivity index (χ1) is 10.2. The molecular formula is C15H13F2N3O. The van der Waals surface area contributed by atoms with Crippen LogP contribution >= 0.6 is 0 Å². The number of rotatable bonds is 5. The molecule has 1 aromatic carbocycles. The molecular weight excluding hydrogens is 276 g/mol. The van der Waals surface area contributed by atoms with Crippen LogP contribution in [0.3, 0.4) is 0 Å². The van der Waals surface area contributed by atoms with Gasteiger partial charge in [0.15, 0.2) is 0 Å². The standard InChI is InChI=1S/C15H13F2N3O/c16-15(17)21-12-4-1-3-11(7-12)19-8-10-9-20-14-13(10)5-2-6-18-14/h1-7,9,15,19H,8H2,(H,18,20). The lowest BCUT2D eigenvalue weighted by Crippen LogP contribution is -2.03. The minimum absolute atomic E-state index is 0.135. The number of hydrogen-bond acceptors (Lipinski definition) is 3. The van der Waals surface area contributed by atoms with Crippen molar-refractivity contribution in [3.8, 4) is 5.75 Å². The normalized spacial score (nSPS) is 11.0. The average molecular weight is 289 g/mol. The minimum Gasteiger partial charge on any atom is -0.435 e. The molecule has 0 saturated carbocycles. The zero-order chi connectivity index (χ0) is 14.7. The second-order valence-electron chi connectivity index (χ2n) is 4.47. The van der Waals surface area contributed by atoms with Crippen LogP contribution in [0.4, 0.5) is 14.5 Å². The van der Waals surface area contributed by atoms with Crippen molar-refractivity contribution in [2.45, 2.75) is 13.2 Å². The van der Waals surface area contributed by atoms with E-state index in [2.05, 4.69) is 20.0 Å². The van der Waals surface area contributed by atoms with E-state index in [1.165, 1.54) is 6.07 Å². The molecule has 0 aliphatic carbocycles. The summed E-state index contributed by atoms with van der Waals surface area (Å²) in [6.07, 6.45) is 3.60. The maximum atomic E-state index is 12.2. The van der Waals surface area contributed by atoms with Crippen LogP contribution in [0, 0.1) is 0 Å². The van der Waals surface area contributed by atoms with E-state index in [1.54, 1.807) is 24.4 Å². The summed E-state index contributed by atoms with van der Waals surface area (Å²) in [6, 6.07) is 10.3. The monoisotopic (exact) mass is 289 g/mol. The van der Waals surface area contributed by atoms with Gasteiger partial charge < -0.3 is 15.0 Å². The van der Waals surface area contributed by atoms with Gasteiger partial charge in [-0.2, -0.15) is 8.78 Å². The number of halogens is 2. The number of benzene rings is 1. The molecule has 0 amide bonds. The van der Waals surface area contributed by atoms with Gasteiger partial charge in [-0.15, -0.1) is 0 Å². The highest BCUT2D eigenvalue weighted by Gasteiger charge is 2.06. The van der Waals surface area contributed by atoms with Crippen molar-refractivity contribution in [1.82, 2.24) is 9.97 Å². The lowest BCUT2D eigenvalue weighted by atomic mass is 10.2. The molecule has 0 aliphatic heterocycles. The van der Waals surface area contributed by atoms with Gasteiger partial charge in [0.25, 0.3) is 0 Å². The number of aromatic amines is 1. The molecule has 2 N–H and O–H groups in total. The van der Waals surface area contributed by atoms with Crippen LogP contribution in [0.1, 0.15) is 5.56 Å². The molecule has 3 aromatic rings. The van der Waals surface area contributed by atoms with Crippen LogP contribution in [0.2, 0.25) is 0 Å². The lowest BCUT2D eigenvalue weighted by molar-refractivity contribution is -0.0498. The summed E-state index contributed by atoms with van der Waals surface area (Å²) >= 11 is 0. The molecule has 0 saturated heterocycles. The molecule has 3 rings (SSSR count). The molecule has 0 fully saturated rings. The van der Waals surface area contributed by atoms with Gasteiger partial charge in [0.05, 0.1) is 0 Å². The summed E-state index contributed by atoms with van der Waals surface area (Å²) in [5, 5.41) is 4.21. The van der Waals surface area contributed by atoms with Gasteiger partial charge in [-0.1, -0.05) is 6.07 Å². The molecule has 0 atom stereocenters. The van der Waals surface area contributed by atoms with E-state index in [4.69, 9.17) is 0 Å². The molecule has 0 bridgehead atoms. The SMILES string of the molecule is FC(F)Oc1cccc(NCc2c[nH]c3ncccc23)c1. The Labute approximate surface area is 119 Å². The predicted octanol–water partition coefficient (Wildman–Crippen LogP) is 3.78. The second kappa shape index (κ2) is 5.78. The maximum Gasteiger partial charge on any atom is 0.387 e. The molecule has 0 spiro atoms. The highest BCUT2D eigenvalue weighted by Crippen LogP contribution is 2.21. The fourth-order valence-electron chi connectivity index (χ4n) is 2.14. The summed E-state index contributed by atoms with van der Waals surface area (Å²) in [7, 11) is 0. The molecule has 0 radical (unpaired) electrons. The van der Waals surface area contributed by atoms with Gasteiger partial charge in [0, 0.05) is 36.1 Å². The van der Waals surface area contributed by atoms with E-state index >= 15 is 0 Å². The van der Waals surface area contributed by atoms with Gasteiger partial charge in [0.1, 0.15) is 11.4 Å². The Morgan fingerprint density at radius 2 is 2.14 bits per heavy atom. The Balaban J connectivity index is 1.72. The van der Waals surface area contributed by atoms with Gasteiger partial charge in [-0.25, -0.2) is 4.98 Å². The summed E-state index contributed by atoms with van der Waals surface area (Å²) in [5.41, 5.74) is 2.59. The number of hydrogen-bond donors (Lipinski definition) is 2. The number of anilines is 1. The van der Waals surface area contributed by atoms with Crippen molar-refractivity contribution in [3.05, 3.63) is 54.4 Å². The first-order valence-corrected chi connectivity index (χ1v) is 6.42. The van der Waals surface area contributed by atoms with Crippen molar-refractivity contribution >= 4 is 16.7 Å². The number of ether oxygens (including phenoxy) is 1. The van der Waals surface area contributed by atoms with Crippen LogP contribution in [-0.4, -0.2) is 16.6 Å². The third-order valence-corrected chi connectivity index (χ3v) is 3.08. The number of pyridine rings is 1. The molecule has 4 nitrogen and oxygen atoms in total. The number of nitrogens with one attached hydrogen (secondary N) is 2. The predicted molar refractivity (Wildman–Crippen MR) is 76.5 cm³/mol. The van der Waals surface area contributed by atoms with E-state index in [0.29, 0.717) is 12.2 Å². The molecule has 21 heavy (non-hydrogen) atoms. The molecule has 0 aliphatic rings. The molecule has 108 valence electrons. The first kappa shape index (κ1) is 13.4. The fourth-order valence-corrected chi connectivity index (χ4v) is 2.14. The van der Waals surface area contributed by atoms with E-state index in [9.17, 15) is 8.78 Å². The highest BCUT2D eigenvalue weighted by molar-refractivity contribution is 5.79. The summed E-state index contributed by atoms with van der Waals surface area (Å²) < 4.78 is 28.7. The Morgan fingerprint density at radius 1 is 1.24 bits per heavy atom. The number of aromatic nitrogens is 2. The van der Waals surface area contributed by atoms with Crippen LogP contribution in [0.5, 0.6) is 5.75 Å². The van der Waals surface area contributed by atoms with Crippen LogP contribution in [0.15, 0.2) is 48.8 Å². The van der Waals surface area contributed by atoms with Gasteiger partial charge in [-0.05, 0) is 29.8 Å². The van der Waals surface area contributed by atoms with E-state index in [1.807, 2.05) is 18.3 Å². The number of nitrogens with zero attached hydrogens (tertiary/aromatic N) is 1. The Morgan fingerprint density at radius 3 is 3.00 bits per heavy atom. The number of H-pyrrole nitrogens is 1. The Bertz CT molecular complexity index is 742. The van der Waals surface area contributed by atoms with E-state index in [0.717, 1.165) is 16.6 Å². The number of alkyl halides is 2. The van der Waals surface area contributed by atoms with Gasteiger partial charge in [0.2, 0.25) is 0 Å². The van der Waals surface area contributed by atoms with Crippen molar-refractivity contribution in [2.75, 3.05) is 5.32 Å². The largest absolute Gasteiger partial charge is 0.435 e. The summed E-state index contributed by atoms with van der Waals surface area (Å²) in [4.78, 5) is 7.30. The van der Waals surface area contributed by atoms with E-state index < -0.39 is 6.61 Å². The molecule has 2 aromatic heterocycles. The summed E-state index contributed by atoms with van der Waals surface area (Å²) in [5.74, 6) is 0.135. The van der Waals surface area contributed by atoms with Gasteiger partial charge in [-0.3, -0.25) is 0 Å². The second-order valence-corrected chi connectivity index (χ2v) is 4.47. The highest BCUT2D eigenvalue weighted by atomic mass is 19.3. The third-order valence-electron chi connectivity index (χ3n) is 3.08. The zero-order valence-corrected chi connectivity index (χ0v) is 11.0. The first-order valence-electron chi connectivity index (χ1n) is 6.42. The molecule has 2 heterocycles. The topological polar surface area (TPSA) is 49.9 Å². The number of fused-ring (bicyclic) bond motifs is 1. The Hall–Kier alpha value is -2.63. The van der Waals surface area contributed by atoms with Crippen LogP contribution in [0.25, 0.3) is 11.0 Å². The zero-order valence-electron chi connectivity index (χ0n) is 11.0. The fraction of sp³-hybridized carbons (Fsp3) is 0.133. The maximum absolute atomic E-state index is 12.2. The lowest BCUT2D eigenvalue weighted by Gasteiger charge is -2.08. The quantitative estimate of drug-likeness (QED) is 0.751. The molecule has 6 heteroatoms.